The van der Waals surface area contributed by atoms with Crippen LogP contribution in [0, 0.1) is 0 Å². The van der Waals surface area contributed by atoms with Crippen LogP contribution in [0.2, 0.25) is 0 Å². The molecule has 0 saturated carbocycles. The smallest absolute Gasteiger partial charge is 0.327 e. The Morgan fingerprint density at radius 3 is 2.57 bits per heavy atom. The van der Waals surface area contributed by atoms with Crippen molar-refractivity contribution in [2.24, 2.45) is 0 Å². The molecule has 1 aromatic rings. The summed E-state index contributed by atoms with van der Waals surface area (Å²) >= 11 is 0. The zero-order valence-corrected chi connectivity index (χ0v) is 14.0. The van der Waals surface area contributed by atoms with E-state index in [1.807, 2.05) is 18.5 Å². The van der Waals surface area contributed by atoms with Gasteiger partial charge in [-0.15, -0.1) is 0 Å². The second-order valence-electron chi connectivity index (χ2n) is 5.47. The van der Waals surface area contributed by atoms with Gasteiger partial charge in [0.25, 0.3) is 0 Å². The number of carbonyl (C=O) groups excluding carboxylic acids is 1. The summed E-state index contributed by atoms with van der Waals surface area (Å²) in [5, 5.41) is 7.93. The minimum atomic E-state index is -0.743. The summed E-state index contributed by atoms with van der Waals surface area (Å²) in [6, 6.07) is 2.12. The van der Waals surface area contributed by atoms with Gasteiger partial charge in [-0.3, -0.25) is 4.68 Å². The molecule has 0 aliphatic rings. The zero-order chi connectivity index (χ0) is 15.9. The summed E-state index contributed by atoms with van der Waals surface area (Å²) < 4.78 is 7.18. The van der Waals surface area contributed by atoms with Crippen LogP contribution < -0.4 is 5.32 Å². The van der Waals surface area contributed by atoms with Crippen LogP contribution in [0.4, 0.5) is 0 Å². The van der Waals surface area contributed by atoms with Gasteiger partial charge in [-0.1, -0.05) is 20.8 Å². The van der Waals surface area contributed by atoms with Crippen molar-refractivity contribution < 1.29 is 9.53 Å². The molecule has 0 spiro atoms. The van der Waals surface area contributed by atoms with Crippen LogP contribution in [0.25, 0.3) is 0 Å². The van der Waals surface area contributed by atoms with E-state index in [0.29, 0.717) is 13.2 Å². The maximum atomic E-state index is 12.3. The fraction of sp³-hybridized carbons (Fsp3) is 0.750. The molecule has 0 aromatic carbocycles. The van der Waals surface area contributed by atoms with Gasteiger partial charge >= 0.3 is 5.97 Å². The summed E-state index contributed by atoms with van der Waals surface area (Å²) in [5.74, 6) is -0.214. The maximum absolute atomic E-state index is 12.3. The third-order valence-electron chi connectivity index (χ3n) is 3.60. The summed E-state index contributed by atoms with van der Waals surface area (Å²) in [6.45, 7) is 11.7. The van der Waals surface area contributed by atoms with E-state index in [1.54, 1.807) is 0 Å². The molecule has 1 unspecified atom stereocenters. The number of rotatable bonds is 9. The van der Waals surface area contributed by atoms with Crippen LogP contribution in [-0.4, -0.2) is 34.4 Å². The molecule has 0 bridgehead atoms. The van der Waals surface area contributed by atoms with Gasteiger partial charge in [0.1, 0.15) is 5.54 Å². The summed E-state index contributed by atoms with van der Waals surface area (Å²) in [6.07, 6.45) is 2.77. The molecule has 0 aliphatic carbocycles. The van der Waals surface area contributed by atoms with E-state index in [2.05, 4.69) is 37.3 Å². The number of ether oxygens (including phenoxy) is 1. The van der Waals surface area contributed by atoms with Crippen molar-refractivity contribution in [2.75, 3.05) is 13.2 Å². The molecule has 0 saturated heterocycles. The molecule has 21 heavy (non-hydrogen) atoms. The number of esters is 1. The van der Waals surface area contributed by atoms with Crippen molar-refractivity contribution in [3.05, 3.63) is 17.5 Å². The molecule has 1 N–H and O–H groups in total. The number of aromatic nitrogens is 2. The van der Waals surface area contributed by atoms with Crippen LogP contribution in [-0.2, 0) is 28.9 Å². The lowest BCUT2D eigenvalue weighted by Gasteiger charge is -2.29. The third-order valence-corrected chi connectivity index (χ3v) is 3.60. The Hall–Kier alpha value is -1.36. The normalized spacial score (nSPS) is 14.0. The number of hydrogen-bond acceptors (Lipinski definition) is 4. The SMILES string of the molecule is CCCNC(C)(Cn1nc(CC)cc1CC)C(=O)OCC. The first-order valence-electron chi connectivity index (χ1n) is 7.98. The summed E-state index contributed by atoms with van der Waals surface area (Å²) in [5.41, 5.74) is 1.47. The highest BCUT2D eigenvalue weighted by Gasteiger charge is 2.35. The van der Waals surface area contributed by atoms with Crippen LogP contribution in [0.3, 0.4) is 0 Å². The largest absolute Gasteiger partial charge is 0.465 e. The second kappa shape index (κ2) is 8.17. The molecule has 1 aromatic heterocycles. The summed E-state index contributed by atoms with van der Waals surface area (Å²) in [4.78, 5) is 12.3. The Kier molecular flexibility index (Phi) is 6.89. The van der Waals surface area contributed by atoms with E-state index in [-0.39, 0.29) is 5.97 Å². The first-order valence-corrected chi connectivity index (χ1v) is 7.98. The van der Waals surface area contributed by atoms with Crippen molar-refractivity contribution in [3.8, 4) is 0 Å². The highest BCUT2D eigenvalue weighted by atomic mass is 16.5. The lowest BCUT2D eigenvalue weighted by molar-refractivity contribution is -0.151. The van der Waals surface area contributed by atoms with E-state index >= 15 is 0 Å². The highest BCUT2D eigenvalue weighted by molar-refractivity contribution is 5.80. The first kappa shape index (κ1) is 17.7. The van der Waals surface area contributed by atoms with Gasteiger partial charge in [-0.2, -0.15) is 5.10 Å². The van der Waals surface area contributed by atoms with Gasteiger partial charge in [-0.05, 0) is 45.7 Å². The quantitative estimate of drug-likeness (QED) is 0.710. The van der Waals surface area contributed by atoms with Crippen LogP contribution in [0.5, 0.6) is 0 Å². The van der Waals surface area contributed by atoms with Gasteiger partial charge < -0.3 is 10.1 Å². The Bertz CT molecular complexity index is 456. The van der Waals surface area contributed by atoms with Crippen LogP contribution >= 0.6 is 0 Å². The zero-order valence-electron chi connectivity index (χ0n) is 14.0. The van der Waals surface area contributed by atoms with Crippen molar-refractivity contribution >= 4 is 5.97 Å². The highest BCUT2D eigenvalue weighted by Crippen LogP contribution is 2.15. The number of aryl methyl sites for hydroxylation is 2. The van der Waals surface area contributed by atoms with Gasteiger partial charge in [0.15, 0.2) is 0 Å². The van der Waals surface area contributed by atoms with Crippen molar-refractivity contribution in [3.63, 3.8) is 0 Å². The number of nitrogens with zero attached hydrogens (tertiary/aromatic N) is 2. The predicted molar refractivity (Wildman–Crippen MR) is 84.3 cm³/mol. The lowest BCUT2D eigenvalue weighted by Crippen LogP contribution is -2.54. The summed E-state index contributed by atoms with van der Waals surface area (Å²) in [7, 11) is 0. The molecular formula is C16H29N3O2. The molecule has 0 amide bonds. The van der Waals surface area contributed by atoms with E-state index in [9.17, 15) is 4.79 Å². The van der Waals surface area contributed by atoms with Crippen molar-refractivity contribution in [1.29, 1.82) is 0 Å². The second-order valence-corrected chi connectivity index (χ2v) is 5.47. The molecule has 1 heterocycles. The minimum Gasteiger partial charge on any atom is -0.465 e. The lowest BCUT2D eigenvalue weighted by atomic mass is 10.0. The molecule has 5 nitrogen and oxygen atoms in total. The Morgan fingerprint density at radius 2 is 2.05 bits per heavy atom. The van der Waals surface area contributed by atoms with Gasteiger partial charge in [0.2, 0.25) is 0 Å². The average molecular weight is 295 g/mol. The monoisotopic (exact) mass is 295 g/mol. The minimum absolute atomic E-state index is 0.214. The topological polar surface area (TPSA) is 56.2 Å². The van der Waals surface area contributed by atoms with Crippen molar-refractivity contribution in [1.82, 2.24) is 15.1 Å². The van der Waals surface area contributed by atoms with E-state index in [4.69, 9.17) is 4.74 Å². The molecule has 0 fully saturated rings. The van der Waals surface area contributed by atoms with E-state index < -0.39 is 5.54 Å². The predicted octanol–water partition coefficient (Wildman–Crippen LogP) is 2.33. The van der Waals surface area contributed by atoms with Crippen molar-refractivity contribution in [2.45, 2.75) is 66.0 Å². The van der Waals surface area contributed by atoms with Gasteiger partial charge in [0.05, 0.1) is 18.8 Å². The van der Waals surface area contributed by atoms with Gasteiger partial charge in [-0.25, -0.2) is 4.79 Å². The van der Waals surface area contributed by atoms with E-state index in [1.165, 1.54) is 0 Å². The first-order chi connectivity index (χ1) is 10.0. The number of hydrogen-bond donors (Lipinski definition) is 1. The number of carbonyl (C=O) groups is 1. The third kappa shape index (κ3) is 4.56. The molecular weight excluding hydrogens is 266 g/mol. The van der Waals surface area contributed by atoms with E-state index in [0.717, 1.165) is 37.2 Å². The van der Waals surface area contributed by atoms with Crippen LogP contribution in [0.1, 0.15) is 52.4 Å². The Morgan fingerprint density at radius 1 is 1.33 bits per heavy atom. The van der Waals surface area contributed by atoms with Gasteiger partial charge in [0, 0.05) is 5.69 Å². The molecule has 1 rings (SSSR count). The molecule has 120 valence electrons. The Labute approximate surface area is 128 Å². The average Bonchev–Trinajstić information content (AvgIpc) is 2.87. The fourth-order valence-corrected chi connectivity index (χ4v) is 2.29. The molecule has 5 heteroatoms. The maximum Gasteiger partial charge on any atom is 0.327 e. The molecule has 0 aliphatic heterocycles. The Balaban J connectivity index is 2.99. The number of nitrogens with one attached hydrogen (secondary N) is 1. The fourth-order valence-electron chi connectivity index (χ4n) is 2.29. The standard InChI is InChI=1S/C16H29N3O2/c1-6-10-17-16(5,15(20)21-9-4)12-19-14(8-3)11-13(7-2)18-19/h11,17H,6-10,12H2,1-5H3. The molecule has 1 atom stereocenters. The molecule has 0 radical (unpaired) electrons. The van der Waals surface area contributed by atoms with Crippen LogP contribution in [0.15, 0.2) is 6.07 Å².